The van der Waals surface area contributed by atoms with Gasteiger partial charge < -0.3 is 4.74 Å². The lowest BCUT2D eigenvalue weighted by Crippen LogP contribution is -2.42. The Hall–Kier alpha value is -1.54. The fraction of sp³-hybridized carbons (Fsp3) is 0.833. The van der Waals surface area contributed by atoms with Gasteiger partial charge in [0.25, 0.3) is 5.66 Å². The Labute approximate surface area is 82.2 Å². The number of esters is 1. The van der Waals surface area contributed by atoms with Gasteiger partial charge in [0.2, 0.25) is 0 Å². The molecule has 15 heavy (non-hydrogen) atoms. The van der Waals surface area contributed by atoms with E-state index in [9.17, 15) is 18.0 Å². The number of alkyl halides is 3. The highest BCUT2D eigenvalue weighted by molar-refractivity contribution is 5.71. The first kappa shape index (κ1) is 11.5. The molecule has 0 unspecified atom stereocenters. The van der Waals surface area contributed by atoms with Crippen LogP contribution in [0.3, 0.4) is 0 Å². The molecule has 1 heterocycles. The molecule has 0 amide bonds. The summed E-state index contributed by atoms with van der Waals surface area (Å²) in [7, 11) is 0. The molecule has 0 fully saturated rings. The lowest BCUT2D eigenvalue weighted by Gasteiger charge is -2.21. The van der Waals surface area contributed by atoms with E-state index in [-0.39, 0.29) is 6.61 Å². The second-order valence-corrected chi connectivity index (χ2v) is 2.68. The first-order valence-electron chi connectivity index (χ1n) is 3.98. The number of hydrogen-bond acceptors (Lipinski definition) is 6. The van der Waals surface area contributed by atoms with E-state index in [1.807, 2.05) is 0 Å². The average molecular weight is 224 g/mol. The van der Waals surface area contributed by atoms with Crippen LogP contribution in [0.4, 0.5) is 13.2 Å². The molecular weight excluding hydrogens is 217 g/mol. The molecule has 0 aromatic carbocycles. The van der Waals surface area contributed by atoms with Crippen LogP contribution in [0.5, 0.6) is 0 Å². The van der Waals surface area contributed by atoms with Gasteiger partial charge in [0.1, 0.15) is 6.42 Å². The first-order valence-corrected chi connectivity index (χ1v) is 3.98. The summed E-state index contributed by atoms with van der Waals surface area (Å²) >= 11 is 0. The molecule has 1 rings (SSSR count). The Bertz CT molecular complexity index is 300. The zero-order chi connectivity index (χ0) is 11.5. The van der Waals surface area contributed by atoms with Crippen molar-refractivity contribution in [2.75, 3.05) is 6.61 Å². The minimum atomic E-state index is -4.82. The third-order valence-electron chi connectivity index (χ3n) is 1.61. The summed E-state index contributed by atoms with van der Waals surface area (Å²) < 4.78 is 41.9. The van der Waals surface area contributed by atoms with Gasteiger partial charge in [0.05, 0.1) is 6.61 Å². The average Bonchev–Trinajstić information content (AvgIpc) is 2.53. The van der Waals surface area contributed by atoms with Crippen molar-refractivity contribution in [1.82, 2.24) is 0 Å². The number of carbonyl (C=O) groups excluding carboxylic acids is 1. The highest BCUT2D eigenvalue weighted by Gasteiger charge is 2.60. The van der Waals surface area contributed by atoms with Crippen LogP contribution >= 0.6 is 0 Å². The van der Waals surface area contributed by atoms with E-state index in [4.69, 9.17) is 0 Å². The summed E-state index contributed by atoms with van der Waals surface area (Å²) in [4.78, 5) is 10.9. The number of carbonyl (C=O) groups is 1. The topological polar surface area (TPSA) is 75.7 Å². The van der Waals surface area contributed by atoms with E-state index in [0.29, 0.717) is 0 Å². The molecule has 0 radical (unpaired) electrons. The molecular formula is C6H7F3N4O2. The summed E-state index contributed by atoms with van der Waals surface area (Å²) in [6, 6.07) is 0. The van der Waals surface area contributed by atoms with Crippen molar-refractivity contribution in [3.05, 3.63) is 0 Å². The first-order chi connectivity index (χ1) is 6.91. The zero-order valence-electron chi connectivity index (χ0n) is 7.65. The number of rotatable bonds is 3. The van der Waals surface area contributed by atoms with E-state index in [1.54, 1.807) is 0 Å². The van der Waals surface area contributed by atoms with Crippen molar-refractivity contribution < 1.29 is 22.7 Å². The Morgan fingerprint density at radius 3 is 2.27 bits per heavy atom. The molecule has 0 N–H and O–H groups in total. The van der Waals surface area contributed by atoms with E-state index in [0.717, 1.165) is 0 Å². The summed E-state index contributed by atoms with van der Waals surface area (Å²) in [5.74, 6) is -1.05. The van der Waals surface area contributed by atoms with Crippen molar-refractivity contribution in [2.45, 2.75) is 25.2 Å². The molecule has 0 aliphatic carbocycles. The number of hydrogen-bond donors (Lipinski definition) is 0. The predicted octanol–water partition coefficient (Wildman–Crippen LogP) is 2.03. The van der Waals surface area contributed by atoms with Crippen LogP contribution in [0, 0.1) is 0 Å². The van der Waals surface area contributed by atoms with Gasteiger partial charge >= 0.3 is 12.1 Å². The van der Waals surface area contributed by atoms with Crippen molar-refractivity contribution in [3.8, 4) is 0 Å². The SMILES string of the molecule is CCOC(=O)CC1(C(F)(F)F)N=NN=N1. The number of nitrogens with zero attached hydrogens (tertiary/aromatic N) is 4. The minimum Gasteiger partial charge on any atom is -0.466 e. The molecule has 0 saturated heterocycles. The van der Waals surface area contributed by atoms with E-state index in [1.165, 1.54) is 6.92 Å². The van der Waals surface area contributed by atoms with Gasteiger partial charge in [-0.1, -0.05) is 0 Å². The summed E-state index contributed by atoms with van der Waals surface area (Å²) in [5.41, 5.74) is -2.90. The van der Waals surface area contributed by atoms with Crippen molar-refractivity contribution in [1.29, 1.82) is 0 Å². The summed E-state index contributed by atoms with van der Waals surface area (Å²) in [6.45, 7) is 1.47. The summed E-state index contributed by atoms with van der Waals surface area (Å²) in [5, 5.41) is 11.2. The molecule has 0 aromatic rings. The maximum atomic E-state index is 12.5. The van der Waals surface area contributed by atoms with E-state index < -0.39 is 24.2 Å². The standard InChI is InChI=1S/C6H7F3N4O2/c1-2-15-4(14)3-5(6(7,8)9)10-12-13-11-5/h2-3H2,1H3. The minimum absolute atomic E-state index is 0.0128. The van der Waals surface area contributed by atoms with E-state index in [2.05, 4.69) is 25.4 Å². The third kappa shape index (κ3) is 2.28. The number of ether oxygens (including phenoxy) is 1. The van der Waals surface area contributed by atoms with Gasteiger partial charge in [-0.15, -0.1) is 10.2 Å². The highest BCUT2D eigenvalue weighted by atomic mass is 19.4. The maximum absolute atomic E-state index is 12.5. The second-order valence-electron chi connectivity index (χ2n) is 2.68. The summed E-state index contributed by atoms with van der Waals surface area (Å²) in [6.07, 6.45) is -5.86. The monoisotopic (exact) mass is 224 g/mol. The van der Waals surface area contributed by atoms with Crippen LogP contribution in [-0.4, -0.2) is 24.4 Å². The molecule has 6 nitrogen and oxygen atoms in total. The Balaban J connectivity index is 2.81. The predicted molar refractivity (Wildman–Crippen MR) is 39.7 cm³/mol. The number of halogens is 3. The van der Waals surface area contributed by atoms with Crippen LogP contribution in [0.1, 0.15) is 13.3 Å². The maximum Gasteiger partial charge on any atom is 0.438 e. The zero-order valence-corrected chi connectivity index (χ0v) is 7.65. The third-order valence-corrected chi connectivity index (χ3v) is 1.61. The fourth-order valence-electron chi connectivity index (χ4n) is 0.906. The van der Waals surface area contributed by atoms with Crippen molar-refractivity contribution in [2.24, 2.45) is 20.7 Å². The van der Waals surface area contributed by atoms with Crippen molar-refractivity contribution >= 4 is 5.97 Å². The molecule has 0 spiro atoms. The van der Waals surface area contributed by atoms with Gasteiger partial charge in [-0.3, -0.25) is 4.79 Å². The Morgan fingerprint density at radius 2 is 1.87 bits per heavy atom. The van der Waals surface area contributed by atoms with Gasteiger partial charge in [-0.2, -0.15) is 13.2 Å². The van der Waals surface area contributed by atoms with Crippen molar-refractivity contribution in [3.63, 3.8) is 0 Å². The lowest BCUT2D eigenvalue weighted by molar-refractivity contribution is -0.192. The van der Waals surface area contributed by atoms with Crippen LogP contribution in [0.15, 0.2) is 20.7 Å². The van der Waals surface area contributed by atoms with Gasteiger partial charge in [0, 0.05) is 0 Å². The molecule has 9 heteroatoms. The van der Waals surface area contributed by atoms with Crippen LogP contribution < -0.4 is 0 Å². The van der Waals surface area contributed by atoms with E-state index >= 15 is 0 Å². The molecule has 1 aliphatic rings. The fourth-order valence-corrected chi connectivity index (χ4v) is 0.906. The van der Waals surface area contributed by atoms with Gasteiger partial charge in [0.15, 0.2) is 0 Å². The smallest absolute Gasteiger partial charge is 0.438 e. The molecule has 1 aliphatic heterocycles. The van der Waals surface area contributed by atoms with Gasteiger partial charge in [-0.05, 0) is 17.4 Å². The Morgan fingerprint density at radius 1 is 1.33 bits per heavy atom. The second kappa shape index (κ2) is 3.91. The lowest BCUT2D eigenvalue weighted by atomic mass is 10.1. The van der Waals surface area contributed by atoms with Crippen LogP contribution in [0.25, 0.3) is 0 Å². The molecule has 0 aromatic heterocycles. The molecule has 0 atom stereocenters. The highest BCUT2D eigenvalue weighted by Crippen LogP contribution is 2.40. The quantitative estimate of drug-likeness (QED) is 0.687. The molecule has 84 valence electrons. The molecule has 0 bridgehead atoms. The normalized spacial score (nSPS) is 18.1. The molecule has 0 saturated carbocycles. The van der Waals surface area contributed by atoms with Crippen LogP contribution in [-0.2, 0) is 9.53 Å². The van der Waals surface area contributed by atoms with Gasteiger partial charge in [-0.25, -0.2) is 0 Å². The largest absolute Gasteiger partial charge is 0.466 e. The van der Waals surface area contributed by atoms with Crippen LogP contribution in [0.2, 0.25) is 0 Å². The Kier molecular flexibility index (Phi) is 3.01.